The van der Waals surface area contributed by atoms with Gasteiger partial charge in [0, 0.05) is 0 Å². The molecule has 0 bridgehead atoms. The van der Waals surface area contributed by atoms with Crippen LogP contribution in [0.5, 0.6) is 0 Å². The van der Waals surface area contributed by atoms with Crippen molar-refractivity contribution in [2.45, 2.75) is 33.2 Å². The summed E-state index contributed by atoms with van der Waals surface area (Å²) in [6, 6.07) is 7.74. The number of carbonyl (C=O) groups excluding carboxylic acids is 1. The average molecular weight is 235 g/mol. The van der Waals surface area contributed by atoms with Crippen LogP contribution in [0.1, 0.15) is 25.0 Å². The number of rotatable bonds is 5. The van der Waals surface area contributed by atoms with Gasteiger partial charge in [0.25, 0.3) is 0 Å². The van der Waals surface area contributed by atoms with Crippen LogP contribution in [0.4, 0.5) is 0 Å². The first-order chi connectivity index (χ1) is 8.02. The van der Waals surface area contributed by atoms with Crippen LogP contribution in [0.2, 0.25) is 0 Å². The van der Waals surface area contributed by atoms with E-state index in [1.165, 1.54) is 0 Å². The van der Waals surface area contributed by atoms with Crippen molar-refractivity contribution in [1.29, 1.82) is 0 Å². The Hall–Kier alpha value is -1.35. The summed E-state index contributed by atoms with van der Waals surface area (Å²) in [6.07, 6.45) is 0.366. The van der Waals surface area contributed by atoms with Crippen molar-refractivity contribution in [3.8, 4) is 0 Å². The molecule has 0 aliphatic rings. The third-order valence-corrected chi connectivity index (χ3v) is 2.79. The quantitative estimate of drug-likeness (QED) is 0.815. The summed E-state index contributed by atoms with van der Waals surface area (Å²) in [5.74, 6) is 0.199. The minimum atomic E-state index is -0.160. The van der Waals surface area contributed by atoms with Gasteiger partial charge in [0.1, 0.15) is 0 Å². The zero-order chi connectivity index (χ0) is 12.8. The number of amides is 1. The molecule has 17 heavy (non-hydrogen) atoms. The highest BCUT2D eigenvalue weighted by molar-refractivity contribution is 5.78. The van der Waals surface area contributed by atoms with Crippen molar-refractivity contribution in [2.24, 2.45) is 5.92 Å². The number of nitrogens with one attached hydrogen (secondary N) is 1. The molecule has 1 aromatic rings. The fourth-order valence-corrected chi connectivity index (χ4v) is 1.69. The van der Waals surface area contributed by atoms with E-state index in [-0.39, 0.29) is 24.5 Å². The second kappa shape index (κ2) is 6.40. The molecular formula is C14H21NO2. The molecule has 2 N–H and O–H groups in total. The maximum absolute atomic E-state index is 11.8. The molecule has 0 aliphatic heterocycles. The Labute approximate surface area is 103 Å². The molecule has 94 valence electrons. The van der Waals surface area contributed by atoms with Crippen molar-refractivity contribution in [3.05, 3.63) is 35.4 Å². The van der Waals surface area contributed by atoms with Gasteiger partial charge in [0.05, 0.1) is 19.1 Å². The number of aliphatic hydroxyl groups is 1. The summed E-state index contributed by atoms with van der Waals surface area (Å²) >= 11 is 0. The van der Waals surface area contributed by atoms with E-state index in [1.54, 1.807) is 0 Å². The lowest BCUT2D eigenvalue weighted by atomic mass is 10.0. The fourth-order valence-electron chi connectivity index (χ4n) is 1.69. The van der Waals surface area contributed by atoms with E-state index in [0.717, 1.165) is 11.1 Å². The Morgan fingerprint density at radius 1 is 1.41 bits per heavy atom. The Kier molecular flexibility index (Phi) is 5.16. The van der Waals surface area contributed by atoms with E-state index in [0.29, 0.717) is 6.42 Å². The molecule has 0 unspecified atom stereocenters. The van der Waals surface area contributed by atoms with Gasteiger partial charge in [-0.05, 0) is 18.4 Å². The van der Waals surface area contributed by atoms with Crippen LogP contribution in [0.15, 0.2) is 24.3 Å². The molecule has 0 radical (unpaired) electrons. The van der Waals surface area contributed by atoms with Crippen LogP contribution >= 0.6 is 0 Å². The Morgan fingerprint density at radius 3 is 2.65 bits per heavy atom. The summed E-state index contributed by atoms with van der Waals surface area (Å²) < 4.78 is 0. The lowest BCUT2D eigenvalue weighted by Crippen LogP contribution is -2.41. The monoisotopic (exact) mass is 235 g/mol. The molecule has 0 saturated carbocycles. The minimum absolute atomic E-state index is 0.0166. The average Bonchev–Trinajstić information content (AvgIpc) is 2.25. The largest absolute Gasteiger partial charge is 0.394 e. The van der Waals surface area contributed by atoms with Crippen molar-refractivity contribution < 1.29 is 9.90 Å². The first-order valence-corrected chi connectivity index (χ1v) is 5.98. The maximum Gasteiger partial charge on any atom is 0.224 e. The molecular weight excluding hydrogens is 214 g/mol. The second-order valence-corrected chi connectivity index (χ2v) is 4.77. The molecule has 1 aromatic carbocycles. The molecule has 1 amide bonds. The lowest BCUT2D eigenvalue weighted by molar-refractivity contribution is -0.121. The molecule has 1 atom stereocenters. The summed E-state index contributed by atoms with van der Waals surface area (Å²) in [6.45, 7) is 5.95. The van der Waals surface area contributed by atoms with Gasteiger partial charge in [-0.1, -0.05) is 43.7 Å². The molecule has 0 aliphatic carbocycles. The highest BCUT2D eigenvalue weighted by atomic mass is 16.3. The molecule has 0 saturated heterocycles. The van der Waals surface area contributed by atoms with E-state index in [2.05, 4.69) is 5.32 Å². The Bertz CT molecular complexity index is 374. The zero-order valence-corrected chi connectivity index (χ0v) is 10.7. The first-order valence-electron chi connectivity index (χ1n) is 5.98. The fraction of sp³-hybridized carbons (Fsp3) is 0.500. The van der Waals surface area contributed by atoms with E-state index in [4.69, 9.17) is 5.11 Å². The molecule has 3 heteroatoms. The van der Waals surface area contributed by atoms with Gasteiger partial charge in [-0.2, -0.15) is 0 Å². The minimum Gasteiger partial charge on any atom is -0.394 e. The molecule has 3 nitrogen and oxygen atoms in total. The van der Waals surface area contributed by atoms with Gasteiger partial charge >= 0.3 is 0 Å². The van der Waals surface area contributed by atoms with Crippen molar-refractivity contribution in [1.82, 2.24) is 5.32 Å². The highest BCUT2D eigenvalue weighted by Gasteiger charge is 2.14. The Balaban J connectivity index is 2.55. The summed E-state index contributed by atoms with van der Waals surface area (Å²) in [5, 5.41) is 12.0. The lowest BCUT2D eigenvalue weighted by Gasteiger charge is -2.19. The van der Waals surface area contributed by atoms with E-state index in [9.17, 15) is 4.79 Å². The van der Waals surface area contributed by atoms with Crippen LogP contribution in [0.3, 0.4) is 0 Å². The first kappa shape index (κ1) is 13.7. The van der Waals surface area contributed by atoms with E-state index < -0.39 is 0 Å². The molecule has 0 heterocycles. The number of carbonyl (C=O) groups is 1. The molecule has 0 aromatic heterocycles. The van der Waals surface area contributed by atoms with E-state index in [1.807, 2.05) is 45.0 Å². The predicted molar refractivity (Wildman–Crippen MR) is 68.7 cm³/mol. The van der Waals surface area contributed by atoms with Crippen molar-refractivity contribution >= 4 is 5.91 Å². The SMILES string of the molecule is Cc1cccc(CC(=O)N[C@H](CO)C(C)C)c1. The van der Waals surface area contributed by atoms with Gasteiger partial charge in [0.2, 0.25) is 5.91 Å². The van der Waals surface area contributed by atoms with Crippen molar-refractivity contribution in [3.63, 3.8) is 0 Å². The Morgan fingerprint density at radius 2 is 2.12 bits per heavy atom. The van der Waals surface area contributed by atoms with Gasteiger partial charge in [-0.15, -0.1) is 0 Å². The van der Waals surface area contributed by atoms with Gasteiger partial charge in [0.15, 0.2) is 0 Å². The smallest absolute Gasteiger partial charge is 0.224 e. The van der Waals surface area contributed by atoms with Crippen LogP contribution in [0.25, 0.3) is 0 Å². The number of hydrogen-bond donors (Lipinski definition) is 2. The van der Waals surface area contributed by atoms with Crippen LogP contribution in [-0.2, 0) is 11.2 Å². The summed E-state index contributed by atoms with van der Waals surface area (Å²) in [7, 11) is 0. The summed E-state index contributed by atoms with van der Waals surface area (Å²) in [5.41, 5.74) is 2.15. The maximum atomic E-state index is 11.8. The van der Waals surface area contributed by atoms with Crippen molar-refractivity contribution in [2.75, 3.05) is 6.61 Å². The predicted octanol–water partition coefficient (Wildman–Crippen LogP) is 1.67. The third kappa shape index (κ3) is 4.57. The second-order valence-electron chi connectivity index (χ2n) is 4.77. The topological polar surface area (TPSA) is 49.3 Å². The van der Waals surface area contributed by atoms with Crippen LogP contribution in [-0.4, -0.2) is 23.7 Å². The summed E-state index contributed by atoms with van der Waals surface area (Å²) in [4.78, 5) is 11.8. The number of hydrogen-bond acceptors (Lipinski definition) is 2. The molecule has 0 fully saturated rings. The standard InChI is InChI=1S/C14H21NO2/c1-10(2)13(9-16)15-14(17)8-12-6-4-5-11(3)7-12/h4-7,10,13,16H,8-9H2,1-3H3,(H,15,17)/t13-/m1/s1. The van der Waals surface area contributed by atoms with Crippen LogP contribution < -0.4 is 5.32 Å². The van der Waals surface area contributed by atoms with Gasteiger partial charge < -0.3 is 10.4 Å². The highest BCUT2D eigenvalue weighted by Crippen LogP contribution is 2.06. The molecule has 0 spiro atoms. The van der Waals surface area contributed by atoms with Gasteiger partial charge in [-0.25, -0.2) is 0 Å². The number of benzene rings is 1. The zero-order valence-electron chi connectivity index (χ0n) is 10.7. The molecule has 1 rings (SSSR count). The van der Waals surface area contributed by atoms with Gasteiger partial charge in [-0.3, -0.25) is 4.79 Å². The third-order valence-electron chi connectivity index (χ3n) is 2.79. The van der Waals surface area contributed by atoms with E-state index >= 15 is 0 Å². The number of aliphatic hydroxyl groups excluding tert-OH is 1. The normalized spacial score (nSPS) is 12.5. The number of aryl methyl sites for hydroxylation is 1. The van der Waals surface area contributed by atoms with Crippen LogP contribution in [0, 0.1) is 12.8 Å².